The minimum absolute atomic E-state index is 0.193. The predicted octanol–water partition coefficient (Wildman–Crippen LogP) is 2.49. The van der Waals surface area contributed by atoms with Crippen LogP contribution in [0.5, 0.6) is 5.75 Å². The third kappa shape index (κ3) is 4.04. The van der Waals surface area contributed by atoms with Gasteiger partial charge in [-0.2, -0.15) is 0 Å². The van der Waals surface area contributed by atoms with E-state index < -0.39 is 6.16 Å². The molecule has 1 aromatic rings. The van der Waals surface area contributed by atoms with E-state index in [1.54, 1.807) is 13.2 Å². The summed E-state index contributed by atoms with van der Waals surface area (Å²) in [7, 11) is 2.89. The molecule has 0 unspecified atom stereocenters. The van der Waals surface area contributed by atoms with Crippen LogP contribution in [0.3, 0.4) is 0 Å². The molecule has 4 nitrogen and oxygen atoms in total. The summed E-state index contributed by atoms with van der Waals surface area (Å²) in [6, 6.07) is 7.54. The number of carbonyl (C=O) groups excluding carboxylic acids is 1. The van der Waals surface area contributed by atoms with Crippen molar-refractivity contribution < 1.29 is 19.0 Å². The standard InChI is InChI=1S/C12H14O4/c1-14-11-7-5-10(6-8-11)4-3-9-16-12(13)15-2/h3-8H,9H2,1-2H3/b4-3+. The number of ether oxygens (including phenoxy) is 3. The molecule has 1 rings (SSSR count). The second-order valence-electron chi connectivity index (χ2n) is 2.94. The molecule has 0 saturated carbocycles. The van der Waals surface area contributed by atoms with Crippen LogP contribution in [0.25, 0.3) is 6.08 Å². The molecule has 16 heavy (non-hydrogen) atoms. The lowest BCUT2D eigenvalue weighted by molar-refractivity contribution is 0.0819. The number of rotatable bonds is 4. The average molecular weight is 222 g/mol. The number of benzene rings is 1. The molecule has 86 valence electrons. The maximum absolute atomic E-state index is 10.6. The minimum Gasteiger partial charge on any atom is -0.497 e. The zero-order valence-electron chi connectivity index (χ0n) is 9.30. The van der Waals surface area contributed by atoms with E-state index in [2.05, 4.69) is 9.47 Å². The lowest BCUT2D eigenvalue weighted by atomic mass is 10.2. The monoisotopic (exact) mass is 222 g/mol. The van der Waals surface area contributed by atoms with Crippen molar-refractivity contribution in [3.63, 3.8) is 0 Å². The fourth-order valence-electron chi connectivity index (χ4n) is 1.07. The van der Waals surface area contributed by atoms with Crippen molar-refractivity contribution in [3.8, 4) is 5.75 Å². The van der Waals surface area contributed by atoms with Crippen molar-refractivity contribution in [1.82, 2.24) is 0 Å². The van der Waals surface area contributed by atoms with Gasteiger partial charge in [-0.1, -0.05) is 18.2 Å². The Hall–Kier alpha value is -1.97. The van der Waals surface area contributed by atoms with Gasteiger partial charge in [-0.3, -0.25) is 0 Å². The van der Waals surface area contributed by atoms with E-state index in [0.29, 0.717) is 0 Å². The lowest BCUT2D eigenvalue weighted by Crippen LogP contribution is -2.03. The highest BCUT2D eigenvalue weighted by atomic mass is 16.7. The molecule has 0 heterocycles. The average Bonchev–Trinajstić information content (AvgIpc) is 2.35. The first-order valence-corrected chi connectivity index (χ1v) is 4.77. The number of hydrogen-bond donors (Lipinski definition) is 0. The summed E-state index contributed by atoms with van der Waals surface area (Å²) in [5.41, 5.74) is 1.01. The van der Waals surface area contributed by atoms with Gasteiger partial charge in [0.2, 0.25) is 0 Å². The maximum Gasteiger partial charge on any atom is 0.508 e. The number of methoxy groups -OCH3 is 2. The molecule has 4 heteroatoms. The Morgan fingerprint density at radius 3 is 2.50 bits per heavy atom. The van der Waals surface area contributed by atoms with Gasteiger partial charge in [-0.05, 0) is 23.8 Å². The first-order valence-electron chi connectivity index (χ1n) is 4.77. The molecule has 0 spiro atoms. The molecular weight excluding hydrogens is 208 g/mol. The Bertz CT molecular complexity index is 354. The molecule has 0 aliphatic heterocycles. The van der Waals surface area contributed by atoms with Gasteiger partial charge in [-0.25, -0.2) is 4.79 Å². The largest absolute Gasteiger partial charge is 0.508 e. The molecule has 1 aromatic carbocycles. The molecule has 0 amide bonds. The van der Waals surface area contributed by atoms with Crippen molar-refractivity contribution in [3.05, 3.63) is 35.9 Å². The van der Waals surface area contributed by atoms with E-state index in [-0.39, 0.29) is 6.61 Å². The summed E-state index contributed by atoms with van der Waals surface area (Å²) in [4.78, 5) is 10.6. The molecular formula is C12H14O4. The molecule has 0 aliphatic rings. The van der Waals surface area contributed by atoms with Gasteiger partial charge in [0.05, 0.1) is 14.2 Å². The number of hydrogen-bond acceptors (Lipinski definition) is 4. The molecule has 0 radical (unpaired) electrons. The Morgan fingerprint density at radius 1 is 1.25 bits per heavy atom. The van der Waals surface area contributed by atoms with Crippen molar-refractivity contribution in [1.29, 1.82) is 0 Å². The van der Waals surface area contributed by atoms with Crippen LogP contribution in [-0.4, -0.2) is 27.0 Å². The fourth-order valence-corrected chi connectivity index (χ4v) is 1.07. The van der Waals surface area contributed by atoms with Gasteiger partial charge in [0.15, 0.2) is 0 Å². The van der Waals surface area contributed by atoms with Crippen molar-refractivity contribution in [2.24, 2.45) is 0 Å². The second-order valence-corrected chi connectivity index (χ2v) is 2.94. The Balaban J connectivity index is 2.40. The van der Waals surface area contributed by atoms with Crippen LogP contribution < -0.4 is 4.74 Å². The smallest absolute Gasteiger partial charge is 0.497 e. The zero-order valence-corrected chi connectivity index (χ0v) is 9.30. The first-order chi connectivity index (χ1) is 7.76. The van der Waals surface area contributed by atoms with Gasteiger partial charge in [-0.15, -0.1) is 0 Å². The normalized spacial score (nSPS) is 10.1. The summed E-state index contributed by atoms with van der Waals surface area (Å²) in [5.74, 6) is 0.808. The van der Waals surface area contributed by atoms with E-state index >= 15 is 0 Å². The van der Waals surface area contributed by atoms with E-state index in [4.69, 9.17) is 4.74 Å². The summed E-state index contributed by atoms with van der Waals surface area (Å²) < 4.78 is 14.0. The van der Waals surface area contributed by atoms with Crippen molar-refractivity contribution in [2.45, 2.75) is 0 Å². The van der Waals surface area contributed by atoms with Crippen molar-refractivity contribution in [2.75, 3.05) is 20.8 Å². The SMILES string of the molecule is COC(=O)OC/C=C/c1ccc(OC)cc1. The van der Waals surface area contributed by atoms with Crippen LogP contribution >= 0.6 is 0 Å². The van der Waals surface area contributed by atoms with Crippen LogP contribution in [0, 0.1) is 0 Å². The van der Waals surface area contributed by atoms with Gasteiger partial charge in [0, 0.05) is 0 Å². The van der Waals surface area contributed by atoms with Crippen molar-refractivity contribution >= 4 is 12.2 Å². The summed E-state index contributed by atoms with van der Waals surface area (Å²) in [5, 5.41) is 0. The summed E-state index contributed by atoms with van der Waals surface area (Å²) >= 11 is 0. The number of carbonyl (C=O) groups is 1. The van der Waals surface area contributed by atoms with Crippen LogP contribution in [0.15, 0.2) is 30.3 Å². The van der Waals surface area contributed by atoms with Crippen LogP contribution in [-0.2, 0) is 9.47 Å². The summed E-state index contributed by atoms with van der Waals surface area (Å²) in [6.45, 7) is 0.193. The maximum atomic E-state index is 10.6. The van der Waals surface area contributed by atoms with E-state index in [1.807, 2.05) is 30.3 Å². The van der Waals surface area contributed by atoms with Crippen LogP contribution in [0.4, 0.5) is 4.79 Å². The highest BCUT2D eigenvalue weighted by Gasteiger charge is 1.95. The molecule has 0 N–H and O–H groups in total. The molecule has 0 aliphatic carbocycles. The minimum atomic E-state index is -0.681. The molecule has 0 saturated heterocycles. The Morgan fingerprint density at radius 2 is 1.94 bits per heavy atom. The van der Waals surface area contributed by atoms with Gasteiger partial charge >= 0.3 is 6.16 Å². The summed E-state index contributed by atoms with van der Waals surface area (Å²) in [6.07, 6.45) is 2.90. The third-order valence-corrected chi connectivity index (χ3v) is 1.89. The van der Waals surface area contributed by atoms with Gasteiger partial charge in [0.1, 0.15) is 12.4 Å². The molecule has 0 bridgehead atoms. The van der Waals surface area contributed by atoms with E-state index in [9.17, 15) is 4.79 Å². The quantitative estimate of drug-likeness (QED) is 0.734. The topological polar surface area (TPSA) is 44.8 Å². The van der Waals surface area contributed by atoms with Crippen LogP contribution in [0.2, 0.25) is 0 Å². The highest BCUT2D eigenvalue weighted by molar-refractivity contribution is 5.60. The van der Waals surface area contributed by atoms with Gasteiger partial charge < -0.3 is 14.2 Å². The third-order valence-electron chi connectivity index (χ3n) is 1.89. The van der Waals surface area contributed by atoms with Gasteiger partial charge in [0.25, 0.3) is 0 Å². The molecule has 0 fully saturated rings. The predicted molar refractivity (Wildman–Crippen MR) is 60.4 cm³/mol. The zero-order chi connectivity index (χ0) is 11.8. The van der Waals surface area contributed by atoms with E-state index in [0.717, 1.165) is 11.3 Å². The second kappa shape index (κ2) is 6.50. The Kier molecular flexibility index (Phi) is 4.92. The fraction of sp³-hybridized carbons (Fsp3) is 0.250. The first kappa shape index (κ1) is 12.1. The lowest BCUT2D eigenvalue weighted by Gasteiger charge is -2.00. The molecule has 0 atom stereocenters. The highest BCUT2D eigenvalue weighted by Crippen LogP contribution is 2.12. The molecule has 0 aromatic heterocycles. The van der Waals surface area contributed by atoms with Crippen LogP contribution in [0.1, 0.15) is 5.56 Å². The van der Waals surface area contributed by atoms with E-state index in [1.165, 1.54) is 7.11 Å². The Labute approximate surface area is 94.4 Å².